The maximum atomic E-state index is 5.47. The normalized spacial score (nSPS) is 16.9. The van der Waals surface area contributed by atoms with Crippen LogP contribution in [0.3, 0.4) is 0 Å². The third kappa shape index (κ3) is 2.07. The topological polar surface area (TPSA) is 21.3 Å². The molecule has 98 valence electrons. The van der Waals surface area contributed by atoms with Gasteiger partial charge in [-0.25, -0.2) is 0 Å². The molecule has 19 heavy (non-hydrogen) atoms. The molecule has 2 aromatic rings. The summed E-state index contributed by atoms with van der Waals surface area (Å²) in [6.07, 6.45) is 1.03. The zero-order valence-corrected chi connectivity index (χ0v) is 11.7. The van der Waals surface area contributed by atoms with Crippen LogP contribution < -0.4 is 10.1 Å². The fourth-order valence-electron chi connectivity index (χ4n) is 3.01. The SMILES string of the molecule is COc1ccccc1C1Cc2cc(C)cc(C)c2N1. The number of methoxy groups -OCH3 is 1. The molecular formula is C17H19NO. The third-order valence-corrected chi connectivity index (χ3v) is 3.82. The van der Waals surface area contributed by atoms with E-state index in [9.17, 15) is 0 Å². The molecule has 0 saturated heterocycles. The van der Waals surface area contributed by atoms with Crippen LogP contribution >= 0.6 is 0 Å². The monoisotopic (exact) mass is 253 g/mol. The van der Waals surface area contributed by atoms with Crippen LogP contribution in [0.1, 0.15) is 28.3 Å². The van der Waals surface area contributed by atoms with Crippen molar-refractivity contribution in [2.24, 2.45) is 0 Å². The third-order valence-electron chi connectivity index (χ3n) is 3.82. The van der Waals surface area contributed by atoms with Crippen molar-refractivity contribution in [3.8, 4) is 5.75 Å². The summed E-state index contributed by atoms with van der Waals surface area (Å²) in [6, 6.07) is 13.1. The van der Waals surface area contributed by atoms with Gasteiger partial charge in [-0.3, -0.25) is 0 Å². The number of hydrogen-bond acceptors (Lipinski definition) is 2. The molecule has 2 nitrogen and oxygen atoms in total. The van der Waals surface area contributed by atoms with Crippen LogP contribution in [-0.4, -0.2) is 7.11 Å². The highest BCUT2D eigenvalue weighted by molar-refractivity contribution is 5.64. The number of nitrogens with one attached hydrogen (secondary N) is 1. The summed E-state index contributed by atoms with van der Waals surface area (Å²) in [7, 11) is 1.73. The summed E-state index contributed by atoms with van der Waals surface area (Å²) < 4.78 is 5.47. The van der Waals surface area contributed by atoms with Gasteiger partial charge in [0.1, 0.15) is 5.75 Å². The molecule has 0 radical (unpaired) electrons. The summed E-state index contributed by atoms with van der Waals surface area (Å²) in [4.78, 5) is 0. The number of fused-ring (bicyclic) bond motifs is 1. The second kappa shape index (κ2) is 4.61. The van der Waals surface area contributed by atoms with Crippen LogP contribution in [-0.2, 0) is 6.42 Å². The molecule has 1 N–H and O–H groups in total. The van der Waals surface area contributed by atoms with Crippen LogP contribution in [0.15, 0.2) is 36.4 Å². The average molecular weight is 253 g/mol. The highest BCUT2D eigenvalue weighted by Gasteiger charge is 2.25. The van der Waals surface area contributed by atoms with Gasteiger partial charge in [0.25, 0.3) is 0 Å². The Hall–Kier alpha value is -1.96. The van der Waals surface area contributed by atoms with E-state index in [1.807, 2.05) is 12.1 Å². The second-order valence-corrected chi connectivity index (χ2v) is 5.26. The minimum atomic E-state index is 0.312. The van der Waals surface area contributed by atoms with Gasteiger partial charge in [-0.15, -0.1) is 0 Å². The van der Waals surface area contributed by atoms with E-state index in [4.69, 9.17) is 4.74 Å². The number of benzene rings is 2. The summed E-state index contributed by atoms with van der Waals surface area (Å²) in [6.45, 7) is 4.33. The van der Waals surface area contributed by atoms with E-state index in [0.29, 0.717) is 6.04 Å². The van der Waals surface area contributed by atoms with Gasteiger partial charge in [-0.1, -0.05) is 35.9 Å². The van der Waals surface area contributed by atoms with E-state index in [-0.39, 0.29) is 0 Å². The predicted molar refractivity (Wildman–Crippen MR) is 79.0 cm³/mol. The van der Waals surface area contributed by atoms with Gasteiger partial charge in [0.05, 0.1) is 13.2 Å². The number of aryl methyl sites for hydroxylation is 2. The summed E-state index contributed by atoms with van der Waals surface area (Å²) in [5, 5.41) is 3.64. The summed E-state index contributed by atoms with van der Waals surface area (Å²) >= 11 is 0. The molecule has 0 fully saturated rings. The van der Waals surface area contributed by atoms with Crippen molar-refractivity contribution in [2.45, 2.75) is 26.3 Å². The first-order chi connectivity index (χ1) is 9.19. The van der Waals surface area contributed by atoms with Crippen LogP contribution in [0.5, 0.6) is 5.75 Å². The van der Waals surface area contributed by atoms with Gasteiger partial charge in [0, 0.05) is 11.3 Å². The Morgan fingerprint density at radius 2 is 1.95 bits per heavy atom. The van der Waals surface area contributed by atoms with Crippen molar-refractivity contribution in [1.29, 1.82) is 0 Å². The molecule has 1 aliphatic heterocycles. The maximum absolute atomic E-state index is 5.47. The van der Waals surface area contributed by atoms with Gasteiger partial charge in [-0.05, 0) is 37.5 Å². The van der Waals surface area contributed by atoms with Crippen molar-refractivity contribution < 1.29 is 4.74 Å². The molecule has 1 heterocycles. The Morgan fingerprint density at radius 1 is 1.16 bits per heavy atom. The fraction of sp³-hybridized carbons (Fsp3) is 0.294. The number of anilines is 1. The number of hydrogen-bond donors (Lipinski definition) is 1. The molecule has 0 aliphatic carbocycles. The van der Waals surface area contributed by atoms with E-state index in [1.165, 1.54) is 27.9 Å². The van der Waals surface area contributed by atoms with Gasteiger partial charge in [-0.2, -0.15) is 0 Å². The van der Waals surface area contributed by atoms with E-state index >= 15 is 0 Å². The molecule has 3 rings (SSSR count). The van der Waals surface area contributed by atoms with Crippen molar-refractivity contribution in [2.75, 3.05) is 12.4 Å². The number of ether oxygens (including phenoxy) is 1. The zero-order valence-electron chi connectivity index (χ0n) is 11.7. The summed E-state index contributed by atoms with van der Waals surface area (Å²) in [5.41, 5.74) is 6.60. The smallest absolute Gasteiger partial charge is 0.124 e. The van der Waals surface area contributed by atoms with Crippen molar-refractivity contribution in [1.82, 2.24) is 0 Å². The lowest BCUT2D eigenvalue weighted by Crippen LogP contribution is -2.07. The first kappa shape index (κ1) is 12.1. The molecule has 2 aromatic carbocycles. The quantitative estimate of drug-likeness (QED) is 0.872. The predicted octanol–water partition coefficient (Wildman–Crippen LogP) is 4.02. The maximum Gasteiger partial charge on any atom is 0.124 e. The van der Waals surface area contributed by atoms with E-state index in [0.717, 1.165) is 12.2 Å². The standard InChI is InChI=1S/C17H19NO/c1-11-8-12(2)17-13(9-11)10-15(18-17)14-6-4-5-7-16(14)19-3/h4-9,15,18H,10H2,1-3H3. The molecule has 2 heteroatoms. The summed E-state index contributed by atoms with van der Waals surface area (Å²) in [5.74, 6) is 0.960. The lowest BCUT2D eigenvalue weighted by atomic mass is 10.00. The molecule has 0 bridgehead atoms. The molecule has 1 atom stereocenters. The van der Waals surface area contributed by atoms with E-state index in [1.54, 1.807) is 7.11 Å². The molecule has 0 spiro atoms. The average Bonchev–Trinajstić information content (AvgIpc) is 2.82. The molecular weight excluding hydrogens is 234 g/mol. The Bertz CT molecular complexity index is 619. The fourth-order valence-corrected chi connectivity index (χ4v) is 3.01. The lowest BCUT2D eigenvalue weighted by molar-refractivity contribution is 0.407. The molecule has 0 saturated carbocycles. The highest BCUT2D eigenvalue weighted by atomic mass is 16.5. The van der Waals surface area contributed by atoms with Crippen molar-refractivity contribution >= 4 is 5.69 Å². The van der Waals surface area contributed by atoms with Crippen LogP contribution in [0.2, 0.25) is 0 Å². The molecule has 0 amide bonds. The van der Waals surface area contributed by atoms with Gasteiger partial charge < -0.3 is 10.1 Å². The van der Waals surface area contributed by atoms with E-state index < -0.39 is 0 Å². The van der Waals surface area contributed by atoms with Crippen molar-refractivity contribution in [3.05, 3.63) is 58.7 Å². The van der Waals surface area contributed by atoms with Gasteiger partial charge in [0.2, 0.25) is 0 Å². The number of rotatable bonds is 2. The van der Waals surface area contributed by atoms with Gasteiger partial charge >= 0.3 is 0 Å². The highest BCUT2D eigenvalue weighted by Crippen LogP contribution is 2.39. The van der Waals surface area contributed by atoms with E-state index in [2.05, 4.69) is 43.4 Å². The van der Waals surface area contributed by atoms with Crippen LogP contribution in [0.4, 0.5) is 5.69 Å². The van der Waals surface area contributed by atoms with Crippen LogP contribution in [0, 0.1) is 13.8 Å². The number of para-hydroxylation sites is 1. The Balaban J connectivity index is 1.98. The largest absolute Gasteiger partial charge is 0.496 e. The Labute approximate surface area is 114 Å². The van der Waals surface area contributed by atoms with Gasteiger partial charge in [0.15, 0.2) is 0 Å². The lowest BCUT2D eigenvalue weighted by Gasteiger charge is -2.15. The second-order valence-electron chi connectivity index (χ2n) is 5.26. The molecule has 1 aliphatic rings. The van der Waals surface area contributed by atoms with Crippen molar-refractivity contribution in [3.63, 3.8) is 0 Å². The molecule has 1 unspecified atom stereocenters. The minimum absolute atomic E-state index is 0.312. The zero-order chi connectivity index (χ0) is 13.4. The van der Waals surface area contributed by atoms with Crippen LogP contribution in [0.25, 0.3) is 0 Å². The minimum Gasteiger partial charge on any atom is -0.496 e. The first-order valence-corrected chi connectivity index (χ1v) is 6.68. The molecule has 0 aromatic heterocycles. The Kier molecular flexibility index (Phi) is 2.94. The first-order valence-electron chi connectivity index (χ1n) is 6.68. The Morgan fingerprint density at radius 3 is 2.74 bits per heavy atom.